The number of hydrogen-bond donors (Lipinski definition) is 3. The van der Waals surface area contributed by atoms with Crippen molar-refractivity contribution in [2.75, 3.05) is 49.5 Å². The quantitative estimate of drug-likeness (QED) is 0.415. The first-order valence-electron chi connectivity index (χ1n) is 11.6. The van der Waals surface area contributed by atoms with Crippen molar-refractivity contribution >= 4 is 40.7 Å². The van der Waals surface area contributed by atoms with Crippen molar-refractivity contribution in [2.24, 2.45) is 5.73 Å². The van der Waals surface area contributed by atoms with Crippen LogP contribution in [0.5, 0.6) is 11.5 Å². The third-order valence-corrected chi connectivity index (χ3v) is 5.87. The minimum atomic E-state index is -0.697. The average Bonchev–Trinajstić information content (AvgIpc) is 2.93. The summed E-state index contributed by atoms with van der Waals surface area (Å²) in [5, 5.41) is 5.46. The zero-order valence-electron chi connectivity index (χ0n) is 20.8. The molecule has 0 spiro atoms. The summed E-state index contributed by atoms with van der Waals surface area (Å²) in [4.78, 5) is 51.4. The Bertz CT molecular complexity index is 1390. The summed E-state index contributed by atoms with van der Waals surface area (Å²) in [6, 6.07) is 15.5. The van der Waals surface area contributed by atoms with Gasteiger partial charge in [-0.1, -0.05) is 0 Å². The molecule has 0 aromatic heterocycles. The van der Waals surface area contributed by atoms with E-state index in [1.54, 1.807) is 41.3 Å². The Balaban J connectivity index is 1.55. The molecule has 0 saturated carbocycles. The van der Waals surface area contributed by atoms with Crippen molar-refractivity contribution in [1.82, 2.24) is 0 Å². The van der Waals surface area contributed by atoms with Crippen LogP contribution in [-0.4, -0.2) is 57.6 Å². The van der Waals surface area contributed by atoms with Crippen molar-refractivity contribution in [2.45, 2.75) is 0 Å². The Morgan fingerprint density at radius 1 is 0.816 bits per heavy atom. The topological polar surface area (TPSA) is 149 Å². The van der Waals surface area contributed by atoms with Gasteiger partial charge in [0, 0.05) is 28.9 Å². The summed E-state index contributed by atoms with van der Waals surface area (Å²) >= 11 is 0. The van der Waals surface area contributed by atoms with Gasteiger partial charge in [0.05, 0.1) is 32.2 Å². The molecule has 0 unspecified atom stereocenters. The highest BCUT2D eigenvalue weighted by Crippen LogP contribution is 2.29. The summed E-state index contributed by atoms with van der Waals surface area (Å²) < 4.78 is 15.6. The fourth-order valence-electron chi connectivity index (χ4n) is 3.86. The minimum absolute atomic E-state index is 0.0152. The number of carbonyl (C=O) groups excluding carboxylic acids is 4. The monoisotopic (exact) mass is 518 g/mol. The van der Waals surface area contributed by atoms with Gasteiger partial charge in [0.15, 0.2) is 11.5 Å². The minimum Gasteiger partial charge on any atom is -0.493 e. The van der Waals surface area contributed by atoms with Gasteiger partial charge in [-0.25, -0.2) is 0 Å². The number of primary amides is 1. The Hall–Kier alpha value is -4.90. The van der Waals surface area contributed by atoms with Crippen LogP contribution in [0, 0.1) is 0 Å². The number of benzene rings is 3. The molecule has 11 heteroatoms. The lowest BCUT2D eigenvalue weighted by Gasteiger charge is -2.26. The molecule has 1 saturated heterocycles. The third-order valence-electron chi connectivity index (χ3n) is 5.87. The van der Waals surface area contributed by atoms with Crippen LogP contribution in [0.1, 0.15) is 31.1 Å². The first-order chi connectivity index (χ1) is 18.3. The maximum atomic E-state index is 13.0. The summed E-state index contributed by atoms with van der Waals surface area (Å²) in [5.41, 5.74) is 7.23. The van der Waals surface area contributed by atoms with Gasteiger partial charge >= 0.3 is 0 Å². The molecular weight excluding hydrogens is 492 g/mol. The number of nitrogens with two attached hydrogens (primary N) is 1. The fraction of sp³-hybridized carbons (Fsp3) is 0.185. The van der Waals surface area contributed by atoms with Crippen molar-refractivity contribution < 1.29 is 33.4 Å². The summed E-state index contributed by atoms with van der Waals surface area (Å²) in [6.45, 7) is 0.883. The number of morpholine rings is 1. The number of nitrogens with one attached hydrogen (secondary N) is 2. The zero-order valence-corrected chi connectivity index (χ0v) is 20.8. The standard InChI is InChI=1S/C27H26N4O7/c1-36-22-10-6-18(14-23(22)37-2)27(35)30-21-13-17(25(28)33)5-9-20(21)29-26(34)16-3-7-19(8-4-16)31-11-12-38-15-24(31)32/h3-10,13-14H,11-12,15H2,1-2H3,(H2,28,33)(H,29,34)(H,30,35). The largest absolute Gasteiger partial charge is 0.493 e. The molecule has 4 N–H and O–H groups in total. The summed E-state index contributed by atoms with van der Waals surface area (Å²) in [6.07, 6.45) is 0. The molecule has 38 heavy (non-hydrogen) atoms. The van der Waals surface area contributed by atoms with Crippen LogP contribution in [0.4, 0.5) is 17.1 Å². The molecule has 0 aliphatic carbocycles. The number of ether oxygens (including phenoxy) is 3. The maximum Gasteiger partial charge on any atom is 0.255 e. The zero-order chi connectivity index (χ0) is 27.2. The summed E-state index contributed by atoms with van der Waals surface area (Å²) in [7, 11) is 2.94. The molecular formula is C27H26N4O7. The van der Waals surface area contributed by atoms with E-state index in [9.17, 15) is 19.2 Å². The average molecular weight is 519 g/mol. The molecule has 196 valence electrons. The lowest BCUT2D eigenvalue weighted by molar-refractivity contribution is -0.125. The van der Waals surface area contributed by atoms with E-state index in [0.717, 1.165) is 0 Å². The molecule has 0 bridgehead atoms. The van der Waals surface area contributed by atoms with Crippen LogP contribution in [0.2, 0.25) is 0 Å². The second-order valence-electron chi connectivity index (χ2n) is 8.25. The maximum absolute atomic E-state index is 13.0. The Morgan fingerprint density at radius 3 is 2.11 bits per heavy atom. The number of hydrogen-bond acceptors (Lipinski definition) is 7. The number of nitrogens with zero attached hydrogens (tertiary/aromatic N) is 1. The van der Waals surface area contributed by atoms with Gasteiger partial charge in [0.25, 0.3) is 17.7 Å². The third kappa shape index (κ3) is 5.73. The number of carbonyl (C=O) groups is 4. The molecule has 1 heterocycles. The SMILES string of the molecule is COc1ccc(C(=O)Nc2cc(C(N)=O)ccc2NC(=O)c2ccc(N3CCOCC3=O)cc2)cc1OC. The van der Waals surface area contributed by atoms with Gasteiger partial charge in [0.1, 0.15) is 6.61 Å². The van der Waals surface area contributed by atoms with Gasteiger partial charge in [0.2, 0.25) is 5.91 Å². The molecule has 0 radical (unpaired) electrons. The Labute approximate surface area is 218 Å². The van der Waals surface area contributed by atoms with Crippen LogP contribution >= 0.6 is 0 Å². The van der Waals surface area contributed by atoms with Crippen molar-refractivity contribution in [3.63, 3.8) is 0 Å². The smallest absolute Gasteiger partial charge is 0.255 e. The normalized spacial score (nSPS) is 13.0. The van der Waals surface area contributed by atoms with Gasteiger partial charge in [-0.3, -0.25) is 19.2 Å². The molecule has 1 aliphatic heterocycles. The van der Waals surface area contributed by atoms with Crippen LogP contribution in [0.15, 0.2) is 60.7 Å². The molecule has 11 nitrogen and oxygen atoms in total. The second-order valence-corrected chi connectivity index (χ2v) is 8.25. The Morgan fingerprint density at radius 2 is 1.45 bits per heavy atom. The predicted octanol–water partition coefficient (Wildman–Crippen LogP) is 2.67. The van der Waals surface area contributed by atoms with E-state index in [4.69, 9.17) is 19.9 Å². The first-order valence-corrected chi connectivity index (χ1v) is 11.6. The van der Waals surface area contributed by atoms with E-state index in [1.807, 2.05) is 0 Å². The molecule has 3 aromatic rings. The van der Waals surface area contributed by atoms with Gasteiger partial charge in [-0.15, -0.1) is 0 Å². The highest BCUT2D eigenvalue weighted by molar-refractivity contribution is 6.11. The van der Waals surface area contributed by atoms with E-state index in [0.29, 0.717) is 35.9 Å². The number of methoxy groups -OCH3 is 2. The van der Waals surface area contributed by atoms with E-state index < -0.39 is 17.7 Å². The van der Waals surface area contributed by atoms with Crippen molar-refractivity contribution in [1.29, 1.82) is 0 Å². The molecule has 4 rings (SSSR count). The second kappa shape index (κ2) is 11.4. The van der Waals surface area contributed by atoms with Gasteiger partial charge < -0.3 is 35.5 Å². The number of amides is 4. The predicted molar refractivity (Wildman–Crippen MR) is 140 cm³/mol. The lowest BCUT2D eigenvalue weighted by atomic mass is 10.1. The van der Waals surface area contributed by atoms with Crippen molar-refractivity contribution in [3.8, 4) is 11.5 Å². The first kappa shape index (κ1) is 26.2. The number of anilines is 3. The fourth-order valence-corrected chi connectivity index (χ4v) is 3.86. The molecule has 4 amide bonds. The van der Waals surface area contributed by atoms with E-state index in [2.05, 4.69) is 10.6 Å². The van der Waals surface area contributed by atoms with E-state index in [1.165, 1.54) is 38.5 Å². The highest BCUT2D eigenvalue weighted by atomic mass is 16.5. The van der Waals surface area contributed by atoms with E-state index in [-0.39, 0.29) is 35.0 Å². The van der Waals surface area contributed by atoms with Gasteiger partial charge in [-0.2, -0.15) is 0 Å². The van der Waals surface area contributed by atoms with Crippen molar-refractivity contribution in [3.05, 3.63) is 77.4 Å². The van der Waals surface area contributed by atoms with Crippen LogP contribution < -0.4 is 30.7 Å². The molecule has 1 aliphatic rings. The molecule has 0 atom stereocenters. The van der Waals surface area contributed by atoms with Crippen LogP contribution in [0.3, 0.4) is 0 Å². The van der Waals surface area contributed by atoms with Crippen LogP contribution in [-0.2, 0) is 9.53 Å². The molecule has 1 fully saturated rings. The van der Waals surface area contributed by atoms with Crippen LogP contribution in [0.25, 0.3) is 0 Å². The lowest BCUT2D eigenvalue weighted by Crippen LogP contribution is -2.41. The highest BCUT2D eigenvalue weighted by Gasteiger charge is 2.21. The Kier molecular flexibility index (Phi) is 7.88. The summed E-state index contributed by atoms with van der Waals surface area (Å²) in [5.74, 6) is -1.00. The van der Waals surface area contributed by atoms with Gasteiger partial charge in [-0.05, 0) is 60.7 Å². The molecule has 3 aromatic carbocycles. The number of rotatable bonds is 8. The van der Waals surface area contributed by atoms with E-state index >= 15 is 0 Å².